The second-order valence-corrected chi connectivity index (χ2v) is 4.76. The van der Waals surface area contributed by atoms with Crippen molar-refractivity contribution in [2.45, 2.75) is 45.4 Å². The summed E-state index contributed by atoms with van der Waals surface area (Å²) in [6.45, 7) is 2.37. The van der Waals surface area contributed by atoms with Gasteiger partial charge in [-0.1, -0.05) is 25.7 Å². The highest BCUT2D eigenvalue weighted by Crippen LogP contribution is 2.56. The van der Waals surface area contributed by atoms with Crippen molar-refractivity contribution in [1.29, 1.82) is 0 Å². The van der Waals surface area contributed by atoms with Crippen molar-refractivity contribution >= 4 is 0 Å². The maximum absolute atomic E-state index is 5.58. The van der Waals surface area contributed by atoms with Gasteiger partial charge in [-0.15, -0.1) is 6.42 Å². The van der Waals surface area contributed by atoms with Gasteiger partial charge in [0.1, 0.15) is 0 Å². The van der Waals surface area contributed by atoms with Gasteiger partial charge in [-0.05, 0) is 37.5 Å². The Kier molecular flexibility index (Phi) is 1.91. The standard InChI is InChI=1S/C12H18/c1-3-12(8-9-12)11-6-4-10(2)5-7-11/h1,10-11H,4-9H2,2H3. The average Bonchev–Trinajstić information content (AvgIpc) is 2.86. The van der Waals surface area contributed by atoms with Crippen LogP contribution in [0.15, 0.2) is 0 Å². The fourth-order valence-corrected chi connectivity index (χ4v) is 2.62. The smallest absolute Gasteiger partial charge is 0.0341 e. The van der Waals surface area contributed by atoms with Crippen LogP contribution in [0, 0.1) is 29.6 Å². The molecule has 0 atom stereocenters. The minimum absolute atomic E-state index is 0.375. The Balaban J connectivity index is 1.95. The van der Waals surface area contributed by atoms with Crippen LogP contribution in [0.2, 0.25) is 0 Å². The maximum atomic E-state index is 5.58. The van der Waals surface area contributed by atoms with Crippen molar-refractivity contribution in [3.8, 4) is 12.3 Å². The van der Waals surface area contributed by atoms with E-state index in [2.05, 4.69) is 12.8 Å². The Bertz CT molecular complexity index is 197. The second kappa shape index (κ2) is 2.80. The summed E-state index contributed by atoms with van der Waals surface area (Å²) in [6.07, 6.45) is 13.8. The van der Waals surface area contributed by atoms with E-state index in [0.717, 1.165) is 11.8 Å². The van der Waals surface area contributed by atoms with E-state index in [1.54, 1.807) is 0 Å². The van der Waals surface area contributed by atoms with Crippen molar-refractivity contribution in [2.24, 2.45) is 17.3 Å². The highest BCUT2D eigenvalue weighted by atomic mass is 14.5. The third-order valence-electron chi connectivity index (χ3n) is 3.87. The molecule has 0 N–H and O–H groups in total. The molecule has 0 heterocycles. The summed E-state index contributed by atoms with van der Waals surface area (Å²) in [4.78, 5) is 0. The lowest BCUT2D eigenvalue weighted by atomic mass is 9.75. The molecule has 0 bridgehead atoms. The summed E-state index contributed by atoms with van der Waals surface area (Å²) in [5.74, 6) is 4.86. The van der Waals surface area contributed by atoms with Crippen molar-refractivity contribution in [1.82, 2.24) is 0 Å². The zero-order valence-electron chi connectivity index (χ0n) is 7.97. The molecule has 0 radical (unpaired) electrons. The van der Waals surface area contributed by atoms with E-state index in [0.29, 0.717) is 5.41 Å². The molecule has 0 amide bonds. The zero-order valence-corrected chi connectivity index (χ0v) is 7.97. The molecule has 0 spiro atoms. The van der Waals surface area contributed by atoms with Gasteiger partial charge in [0, 0.05) is 5.41 Å². The predicted molar refractivity (Wildman–Crippen MR) is 51.6 cm³/mol. The first kappa shape index (κ1) is 8.17. The van der Waals surface area contributed by atoms with E-state index in [4.69, 9.17) is 6.42 Å². The minimum atomic E-state index is 0.375. The van der Waals surface area contributed by atoms with E-state index < -0.39 is 0 Å². The molecule has 0 nitrogen and oxygen atoms in total. The molecule has 0 aromatic rings. The van der Waals surface area contributed by atoms with E-state index in [-0.39, 0.29) is 0 Å². The molecule has 0 aliphatic heterocycles. The highest BCUT2D eigenvalue weighted by molar-refractivity contribution is 5.17. The Morgan fingerprint density at radius 3 is 2.17 bits per heavy atom. The van der Waals surface area contributed by atoms with Gasteiger partial charge >= 0.3 is 0 Å². The summed E-state index contributed by atoms with van der Waals surface area (Å²) < 4.78 is 0. The first-order valence-corrected chi connectivity index (χ1v) is 5.24. The first-order valence-electron chi connectivity index (χ1n) is 5.24. The number of rotatable bonds is 1. The molecule has 0 aromatic heterocycles. The van der Waals surface area contributed by atoms with E-state index in [9.17, 15) is 0 Å². The largest absolute Gasteiger partial charge is 0.120 e. The Labute approximate surface area is 75.7 Å². The quantitative estimate of drug-likeness (QED) is 0.519. The van der Waals surface area contributed by atoms with Gasteiger partial charge < -0.3 is 0 Å². The molecule has 0 saturated heterocycles. The first-order chi connectivity index (χ1) is 5.77. The van der Waals surface area contributed by atoms with E-state index in [1.807, 2.05) is 0 Å². The van der Waals surface area contributed by atoms with Crippen LogP contribution in [0.5, 0.6) is 0 Å². The predicted octanol–water partition coefficient (Wildman–Crippen LogP) is 3.23. The molecule has 12 heavy (non-hydrogen) atoms. The highest BCUT2D eigenvalue weighted by Gasteiger charge is 2.48. The number of hydrogen-bond donors (Lipinski definition) is 0. The Hall–Kier alpha value is -0.440. The van der Waals surface area contributed by atoms with E-state index in [1.165, 1.54) is 38.5 Å². The molecule has 0 aromatic carbocycles. The monoisotopic (exact) mass is 162 g/mol. The molecule has 2 aliphatic rings. The van der Waals surface area contributed by atoms with Gasteiger partial charge in [0.15, 0.2) is 0 Å². The van der Waals surface area contributed by atoms with Crippen LogP contribution in [0.25, 0.3) is 0 Å². The molecule has 66 valence electrons. The van der Waals surface area contributed by atoms with Crippen molar-refractivity contribution in [3.05, 3.63) is 0 Å². The summed E-state index contributed by atoms with van der Waals surface area (Å²) in [5.41, 5.74) is 0.375. The molecule has 2 fully saturated rings. The van der Waals surface area contributed by atoms with Crippen LogP contribution in [0.3, 0.4) is 0 Å². The fourth-order valence-electron chi connectivity index (χ4n) is 2.62. The number of terminal acetylenes is 1. The normalized spacial score (nSPS) is 38.7. The van der Waals surface area contributed by atoms with Gasteiger partial charge in [0.2, 0.25) is 0 Å². The van der Waals surface area contributed by atoms with Gasteiger partial charge in [-0.25, -0.2) is 0 Å². The summed E-state index contributed by atoms with van der Waals surface area (Å²) >= 11 is 0. The van der Waals surface area contributed by atoms with Crippen LogP contribution in [-0.4, -0.2) is 0 Å². The molecule has 0 heteroatoms. The van der Waals surface area contributed by atoms with E-state index >= 15 is 0 Å². The summed E-state index contributed by atoms with van der Waals surface area (Å²) in [5, 5.41) is 0. The summed E-state index contributed by atoms with van der Waals surface area (Å²) in [7, 11) is 0. The van der Waals surface area contributed by atoms with Gasteiger partial charge in [-0.2, -0.15) is 0 Å². The van der Waals surface area contributed by atoms with Crippen molar-refractivity contribution in [2.75, 3.05) is 0 Å². The Morgan fingerprint density at radius 2 is 1.75 bits per heavy atom. The third-order valence-corrected chi connectivity index (χ3v) is 3.87. The SMILES string of the molecule is C#CC1(C2CCC(C)CC2)CC1. The lowest BCUT2D eigenvalue weighted by Gasteiger charge is -2.30. The second-order valence-electron chi connectivity index (χ2n) is 4.76. The van der Waals surface area contributed by atoms with Crippen molar-refractivity contribution in [3.63, 3.8) is 0 Å². The third kappa shape index (κ3) is 1.26. The lowest BCUT2D eigenvalue weighted by molar-refractivity contribution is 0.233. The maximum Gasteiger partial charge on any atom is 0.0341 e. The zero-order chi connectivity index (χ0) is 8.60. The minimum Gasteiger partial charge on any atom is -0.120 e. The fraction of sp³-hybridized carbons (Fsp3) is 0.833. The molecular weight excluding hydrogens is 144 g/mol. The summed E-state index contributed by atoms with van der Waals surface area (Å²) in [6, 6.07) is 0. The lowest BCUT2D eigenvalue weighted by Crippen LogP contribution is -2.20. The van der Waals surface area contributed by atoms with Gasteiger partial charge in [0.25, 0.3) is 0 Å². The van der Waals surface area contributed by atoms with Crippen LogP contribution < -0.4 is 0 Å². The van der Waals surface area contributed by atoms with Gasteiger partial charge in [0.05, 0.1) is 0 Å². The number of hydrogen-bond acceptors (Lipinski definition) is 0. The van der Waals surface area contributed by atoms with Crippen LogP contribution in [0.4, 0.5) is 0 Å². The molecule has 2 rings (SSSR count). The van der Waals surface area contributed by atoms with Gasteiger partial charge in [-0.3, -0.25) is 0 Å². The van der Waals surface area contributed by atoms with Crippen LogP contribution in [-0.2, 0) is 0 Å². The average molecular weight is 162 g/mol. The molecule has 2 saturated carbocycles. The van der Waals surface area contributed by atoms with Crippen LogP contribution >= 0.6 is 0 Å². The topological polar surface area (TPSA) is 0 Å². The van der Waals surface area contributed by atoms with Crippen molar-refractivity contribution < 1.29 is 0 Å². The Morgan fingerprint density at radius 1 is 1.17 bits per heavy atom. The molecule has 0 unspecified atom stereocenters. The molecule has 2 aliphatic carbocycles. The van der Waals surface area contributed by atoms with Crippen LogP contribution in [0.1, 0.15) is 45.4 Å². The molecular formula is C12H18.